The molecule has 2 atom stereocenters. The molecule has 1 fully saturated rings. The second-order valence-electron chi connectivity index (χ2n) is 6.62. The number of aromatic amines is 1. The van der Waals surface area contributed by atoms with E-state index in [-0.39, 0.29) is 11.8 Å². The molecule has 3 N–H and O–H groups in total. The van der Waals surface area contributed by atoms with E-state index in [9.17, 15) is 14.0 Å². The number of nitrogens with zero attached hydrogens (tertiary/aromatic N) is 2. The predicted molar refractivity (Wildman–Crippen MR) is 101 cm³/mol. The van der Waals surface area contributed by atoms with Gasteiger partial charge in [-0.05, 0) is 30.9 Å². The van der Waals surface area contributed by atoms with Gasteiger partial charge in [-0.2, -0.15) is 0 Å². The monoisotopic (exact) mass is 391 g/mol. The SMILES string of the molecule is CC1CCCCC1NC(=O)NC(=O)CSc1n[nH]c(-c2ccccc2F)n1. The maximum Gasteiger partial charge on any atom is 0.321 e. The molecule has 3 amide bonds. The minimum absolute atomic E-state index is 0.0117. The van der Waals surface area contributed by atoms with Crippen LogP contribution in [-0.4, -0.2) is 38.9 Å². The zero-order valence-electron chi connectivity index (χ0n) is 15.0. The molecule has 1 aliphatic rings. The van der Waals surface area contributed by atoms with E-state index >= 15 is 0 Å². The van der Waals surface area contributed by atoms with Crippen LogP contribution < -0.4 is 10.6 Å². The molecule has 9 heteroatoms. The number of aromatic nitrogens is 3. The Kier molecular flexibility index (Phi) is 6.44. The van der Waals surface area contributed by atoms with Gasteiger partial charge in [0.15, 0.2) is 5.82 Å². The average molecular weight is 391 g/mol. The van der Waals surface area contributed by atoms with Crippen molar-refractivity contribution in [1.82, 2.24) is 25.8 Å². The molecule has 0 saturated heterocycles. The minimum atomic E-state index is -0.471. The van der Waals surface area contributed by atoms with E-state index in [0.29, 0.717) is 22.5 Å². The Morgan fingerprint density at radius 3 is 2.85 bits per heavy atom. The fourth-order valence-corrected chi connectivity index (χ4v) is 3.71. The second kappa shape index (κ2) is 8.98. The molecule has 2 unspecified atom stereocenters. The van der Waals surface area contributed by atoms with Gasteiger partial charge in [-0.1, -0.05) is 43.7 Å². The number of carbonyl (C=O) groups excluding carboxylic acids is 2. The smallest absolute Gasteiger partial charge is 0.321 e. The predicted octanol–water partition coefficient (Wildman–Crippen LogP) is 3.11. The normalized spacial score (nSPS) is 19.5. The molecule has 27 heavy (non-hydrogen) atoms. The maximum atomic E-state index is 13.8. The van der Waals surface area contributed by atoms with Gasteiger partial charge in [-0.25, -0.2) is 14.2 Å². The molecule has 1 aromatic carbocycles. The number of hydrogen-bond donors (Lipinski definition) is 3. The lowest BCUT2D eigenvalue weighted by Gasteiger charge is -2.29. The number of nitrogens with one attached hydrogen (secondary N) is 3. The number of halogens is 1. The number of imide groups is 1. The van der Waals surface area contributed by atoms with Gasteiger partial charge in [0.25, 0.3) is 0 Å². The molecule has 1 saturated carbocycles. The third-order valence-corrected chi connectivity index (χ3v) is 5.45. The van der Waals surface area contributed by atoms with E-state index in [1.165, 1.54) is 12.5 Å². The van der Waals surface area contributed by atoms with Crippen LogP contribution in [0, 0.1) is 11.7 Å². The van der Waals surface area contributed by atoms with E-state index in [1.807, 2.05) is 0 Å². The Balaban J connectivity index is 1.47. The van der Waals surface area contributed by atoms with Gasteiger partial charge in [0.2, 0.25) is 11.1 Å². The molecule has 0 bridgehead atoms. The van der Waals surface area contributed by atoms with Crippen LogP contribution in [0.5, 0.6) is 0 Å². The highest BCUT2D eigenvalue weighted by Crippen LogP contribution is 2.24. The van der Waals surface area contributed by atoms with E-state index in [4.69, 9.17) is 0 Å². The van der Waals surface area contributed by atoms with Crippen LogP contribution in [0.2, 0.25) is 0 Å². The molecule has 7 nitrogen and oxygen atoms in total. The van der Waals surface area contributed by atoms with Gasteiger partial charge in [-0.3, -0.25) is 15.2 Å². The molecule has 1 aromatic heterocycles. The van der Waals surface area contributed by atoms with Crippen LogP contribution in [-0.2, 0) is 4.79 Å². The van der Waals surface area contributed by atoms with Crippen molar-refractivity contribution in [1.29, 1.82) is 0 Å². The molecule has 3 rings (SSSR count). The highest BCUT2D eigenvalue weighted by atomic mass is 32.2. The van der Waals surface area contributed by atoms with Crippen molar-refractivity contribution in [2.75, 3.05) is 5.75 Å². The second-order valence-corrected chi connectivity index (χ2v) is 7.57. The summed E-state index contributed by atoms with van der Waals surface area (Å²) >= 11 is 1.07. The Hall–Kier alpha value is -2.42. The van der Waals surface area contributed by atoms with Crippen molar-refractivity contribution < 1.29 is 14.0 Å². The van der Waals surface area contributed by atoms with Gasteiger partial charge in [0, 0.05) is 6.04 Å². The van der Waals surface area contributed by atoms with E-state index in [1.54, 1.807) is 18.2 Å². The first kappa shape index (κ1) is 19.3. The Labute approximate surface area is 160 Å². The summed E-state index contributed by atoms with van der Waals surface area (Å²) in [5.41, 5.74) is 0.308. The van der Waals surface area contributed by atoms with Crippen LogP contribution in [0.3, 0.4) is 0 Å². The van der Waals surface area contributed by atoms with Crippen LogP contribution in [0.1, 0.15) is 32.6 Å². The summed E-state index contributed by atoms with van der Waals surface area (Å²) in [6.45, 7) is 2.11. The Morgan fingerprint density at radius 2 is 2.07 bits per heavy atom. The molecule has 1 heterocycles. The zero-order chi connectivity index (χ0) is 19.2. The summed E-state index contributed by atoms with van der Waals surface area (Å²) in [7, 11) is 0. The third-order valence-electron chi connectivity index (χ3n) is 4.61. The average Bonchev–Trinajstić information content (AvgIpc) is 3.11. The van der Waals surface area contributed by atoms with Gasteiger partial charge in [0.05, 0.1) is 11.3 Å². The first-order chi connectivity index (χ1) is 13.0. The molecule has 1 aliphatic carbocycles. The number of urea groups is 1. The van der Waals surface area contributed by atoms with Crippen LogP contribution in [0.25, 0.3) is 11.4 Å². The fraction of sp³-hybridized carbons (Fsp3) is 0.444. The number of carbonyl (C=O) groups is 2. The highest BCUT2D eigenvalue weighted by Gasteiger charge is 2.23. The van der Waals surface area contributed by atoms with Crippen molar-refractivity contribution in [3.05, 3.63) is 30.1 Å². The zero-order valence-corrected chi connectivity index (χ0v) is 15.8. The lowest BCUT2D eigenvalue weighted by molar-refractivity contribution is -0.117. The lowest BCUT2D eigenvalue weighted by atomic mass is 9.86. The van der Waals surface area contributed by atoms with Gasteiger partial charge in [0.1, 0.15) is 5.82 Å². The van der Waals surface area contributed by atoms with Crippen molar-refractivity contribution >= 4 is 23.7 Å². The van der Waals surface area contributed by atoms with Gasteiger partial charge in [-0.15, -0.1) is 5.10 Å². The number of amides is 3. The van der Waals surface area contributed by atoms with Crippen LogP contribution in [0.4, 0.5) is 9.18 Å². The number of thioether (sulfide) groups is 1. The molecular weight excluding hydrogens is 369 g/mol. The Morgan fingerprint density at radius 1 is 1.30 bits per heavy atom. The summed E-state index contributed by atoms with van der Waals surface area (Å²) in [6, 6.07) is 5.86. The molecule has 144 valence electrons. The van der Waals surface area contributed by atoms with Crippen LogP contribution >= 0.6 is 11.8 Å². The van der Waals surface area contributed by atoms with Crippen LogP contribution in [0.15, 0.2) is 29.4 Å². The maximum absolute atomic E-state index is 13.8. The molecular formula is C18H22FN5O2S. The first-order valence-corrected chi connectivity index (χ1v) is 9.92. The summed E-state index contributed by atoms with van der Waals surface area (Å²) < 4.78 is 13.8. The standard InChI is InChI=1S/C18H22FN5O2S/c1-11-6-2-5-9-14(11)20-17(26)21-15(25)10-27-18-22-16(23-24-18)12-7-3-4-8-13(12)19/h3-4,7-8,11,14H,2,5-6,9-10H2,1H3,(H,22,23,24)(H2,20,21,25,26). The van der Waals surface area contributed by atoms with E-state index < -0.39 is 17.8 Å². The highest BCUT2D eigenvalue weighted by molar-refractivity contribution is 7.99. The van der Waals surface area contributed by atoms with Crippen molar-refractivity contribution in [2.45, 2.75) is 43.8 Å². The molecule has 0 radical (unpaired) electrons. The van der Waals surface area contributed by atoms with Gasteiger partial charge < -0.3 is 5.32 Å². The van der Waals surface area contributed by atoms with E-state index in [2.05, 4.69) is 32.7 Å². The number of rotatable bonds is 5. The molecule has 0 aliphatic heterocycles. The first-order valence-electron chi connectivity index (χ1n) is 8.93. The number of hydrogen-bond acceptors (Lipinski definition) is 5. The van der Waals surface area contributed by atoms with Crippen molar-refractivity contribution in [2.24, 2.45) is 5.92 Å². The molecule has 0 spiro atoms. The quantitative estimate of drug-likeness (QED) is 0.680. The van der Waals surface area contributed by atoms with Gasteiger partial charge >= 0.3 is 6.03 Å². The number of benzene rings is 1. The summed E-state index contributed by atoms with van der Waals surface area (Å²) in [5, 5.41) is 12.1. The van der Waals surface area contributed by atoms with E-state index in [0.717, 1.165) is 31.0 Å². The number of H-pyrrole nitrogens is 1. The fourth-order valence-electron chi connectivity index (χ4n) is 3.11. The summed E-state index contributed by atoms with van der Waals surface area (Å²) in [4.78, 5) is 28.1. The largest absolute Gasteiger partial charge is 0.335 e. The third kappa shape index (κ3) is 5.29. The summed E-state index contributed by atoms with van der Waals surface area (Å²) in [6.07, 6.45) is 4.30. The minimum Gasteiger partial charge on any atom is -0.335 e. The Bertz CT molecular complexity index is 813. The van der Waals surface area contributed by atoms with Crippen molar-refractivity contribution in [3.8, 4) is 11.4 Å². The molecule has 2 aromatic rings. The topological polar surface area (TPSA) is 99.8 Å². The summed E-state index contributed by atoms with van der Waals surface area (Å²) in [5.74, 6) is -0.142. The lowest BCUT2D eigenvalue weighted by Crippen LogP contribution is -2.48. The van der Waals surface area contributed by atoms with Crippen molar-refractivity contribution in [3.63, 3.8) is 0 Å².